The van der Waals surface area contributed by atoms with Crippen molar-refractivity contribution in [2.75, 3.05) is 7.11 Å². The van der Waals surface area contributed by atoms with Crippen molar-refractivity contribution < 1.29 is 13.9 Å². The summed E-state index contributed by atoms with van der Waals surface area (Å²) in [5.41, 5.74) is 2.00. The Balaban J connectivity index is 1.83. The van der Waals surface area contributed by atoms with Crippen molar-refractivity contribution in [1.29, 1.82) is 0 Å². The molecule has 4 heteroatoms. The lowest BCUT2D eigenvalue weighted by Gasteiger charge is -2.25. The average molecular weight is 287 g/mol. The third-order valence-corrected chi connectivity index (χ3v) is 4.60. The molecule has 0 bridgehead atoms. The quantitative estimate of drug-likeness (QED) is 0.790. The molecule has 4 nitrogen and oxygen atoms in total. The lowest BCUT2D eigenvalue weighted by Crippen LogP contribution is -2.12. The number of carbonyl (C=O) groups is 1. The molecule has 2 aromatic rings. The second-order valence-electron chi connectivity index (χ2n) is 5.85. The molecule has 0 saturated heterocycles. The third-order valence-electron chi connectivity index (χ3n) is 4.60. The van der Waals surface area contributed by atoms with E-state index in [9.17, 15) is 4.79 Å². The number of rotatable bonds is 3. The van der Waals surface area contributed by atoms with Crippen LogP contribution in [0.4, 0.5) is 0 Å². The smallest absolute Gasteiger partial charge is 0.337 e. The number of carbonyl (C=O) groups excluding carboxylic acids is 1. The normalized spacial score (nSPS) is 22.4. The first-order valence-electron chi connectivity index (χ1n) is 7.70. The van der Waals surface area contributed by atoms with Gasteiger partial charge in [-0.3, -0.25) is 0 Å². The van der Waals surface area contributed by atoms with Crippen molar-refractivity contribution in [3.63, 3.8) is 0 Å². The molecule has 112 valence electrons. The summed E-state index contributed by atoms with van der Waals surface area (Å²) in [6, 6.07) is 5.26. The Labute approximate surface area is 124 Å². The Morgan fingerprint density at radius 1 is 1.33 bits per heavy atom. The highest BCUT2D eigenvalue weighted by Gasteiger charge is 2.25. The molecule has 1 aliphatic carbocycles. The minimum atomic E-state index is -0.343. The summed E-state index contributed by atoms with van der Waals surface area (Å²) in [5.74, 6) is 1.75. The standard InChI is InChI=1S/C17H21NO3/c1-3-11-4-6-12(7-5-11)16-18-14-10-13(17(19)20-2)8-9-15(14)21-16/h8-12H,3-7H2,1-2H3. The Kier molecular flexibility index (Phi) is 3.95. The van der Waals surface area contributed by atoms with Crippen LogP contribution in [0.25, 0.3) is 11.1 Å². The molecule has 0 atom stereocenters. The molecule has 1 saturated carbocycles. The Hall–Kier alpha value is -1.84. The van der Waals surface area contributed by atoms with Crippen LogP contribution in [0.1, 0.15) is 61.2 Å². The van der Waals surface area contributed by atoms with E-state index in [-0.39, 0.29) is 5.97 Å². The first-order chi connectivity index (χ1) is 10.2. The number of esters is 1. The van der Waals surface area contributed by atoms with Crippen LogP contribution in [-0.2, 0) is 4.74 Å². The van der Waals surface area contributed by atoms with Gasteiger partial charge in [-0.15, -0.1) is 0 Å². The van der Waals surface area contributed by atoms with E-state index >= 15 is 0 Å². The molecule has 0 amide bonds. The SMILES string of the molecule is CCC1CCC(c2nc3cc(C(=O)OC)ccc3o2)CC1. The summed E-state index contributed by atoms with van der Waals surface area (Å²) in [6.45, 7) is 2.26. The fraction of sp³-hybridized carbons (Fsp3) is 0.529. The Morgan fingerprint density at radius 3 is 2.76 bits per heavy atom. The van der Waals surface area contributed by atoms with Crippen LogP contribution < -0.4 is 0 Å². The Morgan fingerprint density at radius 2 is 2.10 bits per heavy atom. The first kappa shape index (κ1) is 14.1. The molecule has 0 spiro atoms. The van der Waals surface area contributed by atoms with E-state index in [1.54, 1.807) is 18.2 Å². The lowest BCUT2D eigenvalue weighted by molar-refractivity contribution is 0.0601. The first-order valence-corrected chi connectivity index (χ1v) is 7.70. The van der Waals surface area contributed by atoms with Crippen LogP contribution in [0.3, 0.4) is 0 Å². The molecule has 0 N–H and O–H groups in total. The van der Waals surface area contributed by atoms with Gasteiger partial charge in [-0.25, -0.2) is 9.78 Å². The summed E-state index contributed by atoms with van der Waals surface area (Å²) in [6.07, 6.45) is 6.08. The second kappa shape index (κ2) is 5.88. The highest BCUT2D eigenvalue weighted by atomic mass is 16.5. The van der Waals surface area contributed by atoms with Gasteiger partial charge in [0.15, 0.2) is 11.5 Å². The molecule has 21 heavy (non-hydrogen) atoms. The molecule has 1 heterocycles. The van der Waals surface area contributed by atoms with E-state index < -0.39 is 0 Å². The fourth-order valence-electron chi connectivity index (χ4n) is 3.18. The number of hydrogen-bond donors (Lipinski definition) is 0. The van der Waals surface area contributed by atoms with Crippen LogP contribution in [0.5, 0.6) is 0 Å². The minimum absolute atomic E-state index is 0.343. The molecule has 1 fully saturated rings. The van der Waals surface area contributed by atoms with Gasteiger partial charge < -0.3 is 9.15 Å². The van der Waals surface area contributed by atoms with E-state index in [2.05, 4.69) is 11.9 Å². The predicted octanol–water partition coefficient (Wildman–Crippen LogP) is 4.30. The van der Waals surface area contributed by atoms with Crippen LogP contribution in [0, 0.1) is 5.92 Å². The maximum atomic E-state index is 11.6. The Bertz CT molecular complexity index is 639. The van der Waals surface area contributed by atoms with Crippen molar-refractivity contribution in [2.45, 2.75) is 44.9 Å². The summed E-state index contributed by atoms with van der Waals surface area (Å²) in [7, 11) is 1.38. The molecular weight excluding hydrogens is 266 g/mol. The van der Waals surface area contributed by atoms with Crippen molar-refractivity contribution in [1.82, 2.24) is 4.98 Å². The topological polar surface area (TPSA) is 52.3 Å². The molecule has 1 aliphatic rings. The highest BCUT2D eigenvalue weighted by molar-refractivity contribution is 5.93. The number of methoxy groups -OCH3 is 1. The largest absolute Gasteiger partial charge is 0.465 e. The summed E-state index contributed by atoms with van der Waals surface area (Å²) >= 11 is 0. The van der Waals surface area contributed by atoms with E-state index in [0.29, 0.717) is 11.5 Å². The van der Waals surface area contributed by atoms with E-state index in [0.717, 1.165) is 35.7 Å². The van der Waals surface area contributed by atoms with Gasteiger partial charge in [0.25, 0.3) is 0 Å². The molecule has 3 rings (SSSR count). The second-order valence-corrected chi connectivity index (χ2v) is 5.85. The number of hydrogen-bond acceptors (Lipinski definition) is 4. The zero-order valence-corrected chi connectivity index (χ0v) is 12.6. The fourth-order valence-corrected chi connectivity index (χ4v) is 3.18. The van der Waals surface area contributed by atoms with E-state index in [1.807, 2.05) is 0 Å². The van der Waals surface area contributed by atoms with Crippen LogP contribution in [-0.4, -0.2) is 18.1 Å². The van der Waals surface area contributed by atoms with Gasteiger partial charge in [0.1, 0.15) is 5.52 Å². The van der Waals surface area contributed by atoms with E-state index in [4.69, 9.17) is 9.15 Å². The van der Waals surface area contributed by atoms with Gasteiger partial charge in [0.2, 0.25) is 0 Å². The average Bonchev–Trinajstić information content (AvgIpc) is 2.97. The monoisotopic (exact) mass is 287 g/mol. The predicted molar refractivity (Wildman–Crippen MR) is 80.3 cm³/mol. The highest BCUT2D eigenvalue weighted by Crippen LogP contribution is 2.37. The van der Waals surface area contributed by atoms with Gasteiger partial charge in [-0.05, 0) is 49.8 Å². The zero-order chi connectivity index (χ0) is 14.8. The van der Waals surface area contributed by atoms with Gasteiger partial charge >= 0.3 is 5.97 Å². The van der Waals surface area contributed by atoms with Gasteiger partial charge in [-0.2, -0.15) is 0 Å². The van der Waals surface area contributed by atoms with Crippen molar-refractivity contribution in [3.8, 4) is 0 Å². The number of fused-ring (bicyclic) bond motifs is 1. The number of nitrogens with zero attached hydrogens (tertiary/aromatic N) is 1. The third kappa shape index (κ3) is 2.80. The molecular formula is C17H21NO3. The van der Waals surface area contributed by atoms with Gasteiger partial charge in [-0.1, -0.05) is 13.3 Å². The van der Waals surface area contributed by atoms with Crippen LogP contribution >= 0.6 is 0 Å². The molecule has 0 radical (unpaired) electrons. The van der Waals surface area contributed by atoms with Crippen molar-refractivity contribution in [3.05, 3.63) is 29.7 Å². The summed E-state index contributed by atoms with van der Waals surface area (Å²) in [5, 5.41) is 0. The number of benzene rings is 1. The van der Waals surface area contributed by atoms with Crippen molar-refractivity contribution >= 4 is 17.1 Å². The summed E-state index contributed by atoms with van der Waals surface area (Å²) < 4.78 is 10.6. The van der Waals surface area contributed by atoms with Crippen LogP contribution in [0.2, 0.25) is 0 Å². The molecule has 0 aliphatic heterocycles. The molecule has 1 aromatic heterocycles. The minimum Gasteiger partial charge on any atom is -0.465 e. The van der Waals surface area contributed by atoms with Gasteiger partial charge in [0, 0.05) is 5.92 Å². The lowest BCUT2D eigenvalue weighted by atomic mass is 9.81. The number of ether oxygens (including phenoxy) is 1. The summed E-state index contributed by atoms with van der Waals surface area (Å²) in [4.78, 5) is 16.1. The molecule has 0 unspecified atom stereocenters. The van der Waals surface area contributed by atoms with Crippen molar-refractivity contribution in [2.24, 2.45) is 5.92 Å². The molecule has 1 aromatic carbocycles. The zero-order valence-electron chi connectivity index (χ0n) is 12.6. The number of aromatic nitrogens is 1. The van der Waals surface area contributed by atoms with Gasteiger partial charge in [0.05, 0.1) is 12.7 Å². The van der Waals surface area contributed by atoms with Crippen LogP contribution in [0.15, 0.2) is 22.6 Å². The number of oxazole rings is 1. The maximum Gasteiger partial charge on any atom is 0.337 e. The van der Waals surface area contributed by atoms with E-state index in [1.165, 1.54) is 26.4 Å². The maximum absolute atomic E-state index is 11.6.